The molecule has 140 valence electrons. The van der Waals surface area contributed by atoms with Crippen LogP contribution in [0, 0.1) is 0 Å². The first-order chi connectivity index (χ1) is 13.2. The lowest BCUT2D eigenvalue weighted by Crippen LogP contribution is -2.24. The Labute approximate surface area is 156 Å². The minimum absolute atomic E-state index is 0.274. The summed E-state index contributed by atoms with van der Waals surface area (Å²) in [4.78, 5) is 17.0. The van der Waals surface area contributed by atoms with Gasteiger partial charge in [-0.1, -0.05) is 6.07 Å². The average Bonchev–Trinajstić information content (AvgIpc) is 3.25. The van der Waals surface area contributed by atoms with Crippen molar-refractivity contribution in [1.82, 2.24) is 20.1 Å². The maximum atomic E-state index is 12.6. The van der Waals surface area contributed by atoms with Crippen LogP contribution in [-0.4, -0.2) is 42.0 Å². The Morgan fingerprint density at radius 1 is 1.07 bits per heavy atom. The van der Waals surface area contributed by atoms with Crippen molar-refractivity contribution < 1.29 is 19.0 Å². The van der Waals surface area contributed by atoms with Crippen molar-refractivity contribution in [2.24, 2.45) is 0 Å². The van der Waals surface area contributed by atoms with Crippen LogP contribution in [0.15, 0.2) is 48.9 Å². The van der Waals surface area contributed by atoms with Crippen molar-refractivity contribution in [1.29, 1.82) is 0 Å². The molecule has 0 aliphatic carbocycles. The van der Waals surface area contributed by atoms with E-state index in [-0.39, 0.29) is 5.91 Å². The van der Waals surface area contributed by atoms with Crippen molar-refractivity contribution in [2.75, 3.05) is 21.3 Å². The van der Waals surface area contributed by atoms with E-state index in [9.17, 15) is 4.79 Å². The Morgan fingerprint density at radius 3 is 2.41 bits per heavy atom. The molecule has 0 saturated heterocycles. The number of methoxy groups -OCH3 is 3. The van der Waals surface area contributed by atoms with Crippen molar-refractivity contribution >= 4 is 5.91 Å². The number of benzene rings is 1. The van der Waals surface area contributed by atoms with E-state index in [4.69, 9.17) is 14.2 Å². The molecule has 2 aromatic heterocycles. The van der Waals surface area contributed by atoms with Crippen LogP contribution in [0.4, 0.5) is 0 Å². The number of carbonyl (C=O) groups excluding carboxylic acids is 1. The zero-order valence-electron chi connectivity index (χ0n) is 15.3. The van der Waals surface area contributed by atoms with Crippen LogP contribution in [0.2, 0.25) is 0 Å². The summed E-state index contributed by atoms with van der Waals surface area (Å²) in [5.41, 5.74) is 1.23. The topological polar surface area (TPSA) is 87.5 Å². The third kappa shape index (κ3) is 3.84. The third-order valence-electron chi connectivity index (χ3n) is 3.96. The highest BCUT2D eigenvalue weighted by Crippen LogP contribution is 2.38. The molecular weight excluding hydrogens is 348 g/mol. The van der Waals surface area contributed by atoms with Gasteiger partial charge in [0.15, 0.2) is 17.3 Å². The largest absolute Gasteiger partial charge is 0.493 e. The van der Waals surface area contributed by atoms with Crippen molar-refractivity contribution in [3.63, 3.8) is 0 Å². The predicted molar refractivity (Wildman–Crippen MR) is 98.6 cm³/mol. The summed E-state index contributed by atoms with van der Waals surface area (Å²) < 4.78 is 17.5. The molecule has 0 saturated carbocycles. The standard InChI is InChI=1S/C19H20N4O4/c1-25-15-10-14(11-16(26-2)17(15)27-3)19(24)21-12-13-6-4-7-20-18(13)23-9-5-8-22-23/h4-11H,12H2,1-3H3,(H,21,24). The zero-order chi connectivity index (χ0) is 19.2. The number of aromatic nitrogens is 3. The summed E-state index contributed by atoms with van der Waals surface area (Å²) in [5, 5.41) is 7.08. The van der Waals surface area contributed by atoms with E-state index in [0.717, 1.165) is 5.56 Å². The maximum absolute atomic E-state index is 12.6. The van der Waals surface area contributed by atoms with Gasteiger partial charge in [-0.25, -0.2) is 9.67 Å². The number of nitrogens with one attached hydrogen (secondary N) is 1. The molecule has 0 fully saturated rings. The average molecular weight is 368 g/mol. The Hall–Kier alpha value is -3.55. The molecule has 0 unspecified atom stereocenters. The second-order valence-electron chi connectivity index (χ2n) is 5.53. The van der Waals surface area contributed by atoms with Crippen molar-refractivity contribution in [3.05, 3.63) is 60.0 Å². The zero-order valence-corrected chi connectivity index (χ0v) is 15.3. The van der Waals surface area contributed by atoms with Crippen LogP contribution < -0.4 is 19.5 Å². The maximum Gasteiger partial charge on any atom is 0.251 e. The predicted octanol–water partition coefficient (Wildman–Crippen LogP) is 2.22. The molecule has 0 spiro atoms. The van der Waals surface area contributed by atoms with Crippen LogP contribution in [0.3, 0.4) is 0 Å². The van der Waals surface area contributed by atoms with Gasteiger partial charge in [-0.05, 0) is 24.3 Å². The number of ether oxygens (including phenoxy) is 3. The second-order valence-corrected chi connectivity index (χ2v) is 5.53. The number of pyridine rings is 1. The molecule has 8 heteroatoms. The van der Waals surface area contributed by atoms with Crippen molar-refractivity contribution in [2.45, 2.75) is 6.54 Å². The van der Waals surface area contributed by atoms with Crippen LogP contribution in [0.5, 0.6) is 17.2 Å². The van der Waals surface area contributed by atoms with E-state index in [1.165, 1.54) is 21.3 Å². The van der Waals surface area contributed by atoms with Gasteiger partial charge in [0, 0.05) is 36.3 Å². The minimum Gasteiger partial charge on any atom is -0.493 e. The first-order valence-electron chi connectivity index (χ1n) is 8.20. The van der Waals surface area contributed by atoms with Gasteiger partial charge in [-0.2, -0.15) is 5.10 Å². The van der Waals surface area contributed by atoms with Gasteiger partial charge in [-0.3, -0.25) is 4.79 Å². The summed E-state index contributed by atoms with van der Waals surface area (Å²) in [7, 11) is 4.52. The number of hydrogen-bond acceptors (Lipinski definition) is 6. The van der Waals surface area contributed by atoms with Gasteiger partial charge in [0.2, 0.25) is 5.75 Å². The lowest BCUT2D eigenvalue weighted by atomic mass is 10.1. The highest BCUT2D eigenvalue weighted by Gasteiger charge is 2.17. The Balaban J connectivity index is 1.81. The number of amides is 1. The minimum atomic E-state index is -0.274. The van der Waals surface area contributed by atoms with E-state index < -0.39 is 0 Å². The molecule has 1 aromatic carbocycles. The van der Waals surface area contributed by atoms with E-state index >= 15 is 0 Å². The molecule has 3 aromatic rings. The quantitative estimate of drug-likeness (QED) is 0.688. The van der Waals surface area contributed by atoms with Crippen LogP contribution >= 0.6 is 0 Å². The lowest BCUT2D eigenvalue weighted by molar-refractivity contribution is 0.0950. The molecule has 0 bridgehead atoms. The van der Waals surface area contributed by atoms with Crippen LogP contribution in [-0.2, 0) is 6.54 Å². The fraction of sp³-hybridized carbons (Fsp3) is 0.211. The van der Waals surface area contributed by atoms with E-state index in [1.54, 1.807) is 35.4 Å². The van der Waals surface area contributed by atoms with E-state index in [2.05, 4.69) is 15.4 Å². The SMILES string of the molecule is COc1cc(C(=O)NCc2cccnc2-n2cccn2)cc(OC)c1OC. The molecule has 0 aliphatic heterocycles. The Morgan fingerprint density at radius 2 is 1.81 bits per heavy atom. The van der Waals surface area contributed by atoms with Gasteiger partial charge >= 0.3 is 0 Å². The molecule has 8 nitrogen and oxygen atoms in total. The number of rotatable bonds is 7. The molecule has 3 rings (SSSR count). The molecule has 27 heavy (non-hydrogen) atoms. The Bertz CT molecular complexity index is 900. The van der Waals surface area contributed by atoms with Gasteiger partial charge in [0.1, 0.15) is 0 Å². The van der Waals surface area contributed by atoms with Gasteiger partial charge in [0.25, 0.3) is 5.91 Å². The number of hydrogen-bond donors (Lipinski definition) is 1. The molecule has 0 radical (unpaired) electrons. The molecule has 1 N–H and O–H groups in total. The fourth-order valence-corrected chi connectivity index (χ4v) is 2.66. The molecule has 2 heterocycles. The number of carbonyl (C=O) groups is 1. The second kappa shape index (κ2) is 8.22. The third-order valence-corrected chi connectivity index (χ3v) is 3.96. The highest BCUT2D eigenvalue weighted by atomic mass is 16.5. The fourth-order valence-electron chi connectivity index (χ4n) is 2.66. The van der Waals surface area contributed by atoms with Crippen LogP contribution in [0.1, 0.15) is 15.9 Å². The summed E-state index contributed by atoms with van der Waals surface area (Å²) in [6, 6.07) is 8.73. The van der Waals surface area contributed by atoms with Gasteiger partial charge in [0.05, 0.1) is 21.3 Å². The first kappa shape index (κ1) is 18.2. The first-order valence-corrected chi connectivity index (χ1v) is 8.20. The Kier molecular flexibility index (Phi) is 5.55. The summed E-state index contributed by atoms with van der Waals surface area (Å²) >= 11 is 0. The van der Waals surface area contributed by atoms with Crippen molar-refractivity contribution in [3.8, 4) is 23.1 Å². The van der Waals surface area contributed by atoms with Gasteiger partial charge < -0.3 is 19.5 Å². The highest BCUT2D eigenvalue weighted by molar-refractivity contribution is 5.95. The molecule has 0 aliphatic rings. The van der Waals surface area contributed by atoms with Crippen LogP contribution in [0.25, 0.3) is 5.82 Å². The monoisotopic (exact) mass is 368 g/mol. The van der Waals surface area contributed by atoms with Gasteiger partial charge in [-0.15, -0.1) is 0 Å². The summed E-state index contributed by atoms with van der Waals surface area (Å²) in [6.07, 6.45) is 5.15. The normalized spacial score (nSPS) is 10.3. The summed E-state index contributed by atoms with van der Waals surface area (Å²) in [6.45, 7) is 0.290. The summed E-state index contributed by atoms with van der Waals surface area (Å²) in [5.74, 6) is 1.66. The lowest BCUT2D eigenvalue weighted by Gasteiger charge is -2.14. The molecule has 1 amide bonds. The molecule has 0 atom stereocenters. The molecular formula is C19H20N4O4. The van der Waals surface area contributed by atoms with E-state index in [1.807, 2.05) is 18.2 Å². The van der Waals surface area contributed by atoms with E-state index in [0.29, 0.717) is 35.2 Å². The smallest absolute Gasteiger partial charge is 0.251 e. The number of nitrogens with zero attached hydrogens (tertiary/aromatic N) is 3.